The van der Waals surface area contributed by atoms with Gasteiger partial charge in [-0.1, -0.05) is 25.4 Å². The summed E-state index contributed by atoms with van der Waals surface area (Å²) in [6.45, 7) is 3.61. The fourth-order valence-corrected chi connectivity index (χ4v) is 2.40. The molecular weight excluding hydrogens is 366 g/mol. The molecule has 2 aromatic carbocycles. The van der Waals surface area contributed by atoms with Crippen LogP contribution in [0.15, 0.2) is 42.5 Å². The molecule has 2 rings (SSSR count). The van der Waals surface area contributed by atoms with Gasteiger partial charge < -0.3 is 15.5 Å². The minimum Gasteiger partial charge on any atom is -0.345 e. The van der Waals surface area contributed by atoms with E-state index in [-0.39, 0.29) is 23.6 Å². The summed E-state index contributed by atoms with van der Waals surface area (Å²) < 4.78 is 0. The molecule has 0 bridgehead atoms. The Morgan fingerprint density at radius 1 is 0.926 bits per heavy atom. The average Bonchev–Trinajstić information content (AvgIpc) is 2.63. The zero-order chi connectivity index (χ0) is 20.1. The van der Waals surface area contributed by atoms with E-state index in [0.29, 0.717) is 27.5 Å². The Kier molecular flexibility index (Phi) is 6.58. The second-order valence-electron chi connectivity index (χ2n) is 6.57. The van der Waals surface area contributed by atoms with Crippen molar-refractivity contribution in [1.29, 1.82) is 0 Å². The van der Waals surface area contributed by atoms with Gasteiger partial charge in [-0.05, 0) is 42.5 Å². The van der Waals surface area contributed by atoms with Crippen LogP contribution in [0, 0.1) is 5.92 Å². The predicted molar refractivity (Wildman–Crippen MR) is 107 cm³/mol. The second kappa shape index (κ2) is 8.68. The molecule has 0 aromatic heterocycles. The molecular formula is C20H22ClN3O3. The van der Waals surface area contributed by atoms with Crippen LogP contribution in [0.2, 0.25) is 5.02 Å². The van der Waals surface area contributed by atoms with Crippen molar-refractivity contribution >= 4 is 40.7 Å². The Labute approximate surface area is 163 Å². The van der Waals surface area contributed by atoms with Crippen LogP contribution in [0.5, 0.6) is 0 Å². The first-order chi connectivity index (χ1) is 12.7. The van der Waals surface area contributed by atoms with Gasteiger partial charge in [0.25, 0.3) is 11.8 Å². The molecule has 0 saturated heterocycles. The Morgan fingerprint density at radius 3 is 2.07 bits per heavy atom. The van der Waals surface area contributed by atoms with E-state index in [0.717, 1.165) is 0 Å². The molecule has 0 saturated carbocycles. The highest BCUT2D eigenvalue weighted by molar-refractivity contribution is 6.34. The summed E-state index contributed by atoms with van der Waals surface area (Å²) in [6.07, 6.45) is 0. The molecule has 2 N–H and O–H groups in total. The van der Waals surface area contributed by atoms with Gasteiger partial charge in [0.15, 0.2) is 0 Å². The first-order valence-electron chi connectivity index (χ1n) is 8.42. The van der Waals surface area contributed by atoms with E-state index in [4.69, 9.17) is 11.6 Å². The molecule has 3 amide bonds. The lowest BCUT2D eigenvalue weighted by molar-refractivity contribution is -0.118. The lowest BCUT2D eigenvalue weighted by Gasteiger charge is -2.13. The Morgan fingerprint density at radius 2 is 1.52 bits per heavy atom. The zero-order valence-electron chi connectivity index (χ0n) is 15.7. The van der Waals surface area contributed by atoms with Crippen molar-refractivity contribution < 1.29 is 14.4 Å². The van der Waals surface area contributed by atoms with Crippen LogP contribution in [0.25, 0.3) is 0 Å². The van der Waals surface area contributed by atoms with Gasteiger partial charge in [0.1, 0.15) is 0 Å². The maximum absolute atomic E-state index is 12.4. The highest BCUT2D eigenvalue weighted by Crippen LogP contribution is 2.22. The monoisotopic (exact) mass is 387 g/mol. The Bertz CT molecular complexity index is 861. The number of hydrogen-bond donors (Lipinski definition) is 2. The molecule has 0 radical (unpaired) electrons. The van der Waals surface area contributed by atoms with E-state index in [1.807, 2.05) is 0 Å². The zero-order valence-corrected chi connectivity index (χ0v) is 16.4. The van der Waals surface area contributed by atoms with Crippen LogP contribution < -0.4 is 10.6 Å². The van der Waals surface area contributed by atoms with Crippen molar-refractivity contribution in [2.45, 2.75) is 13.8 Å². The molecule has 0 aliphatic carbocycles. The number of hydrogen-bond acceptors (Lipinski definition) is 3. The maximum Gasteiger partial charge on any atom is 0.255 e. The van der Waals surface area contributed by atoms with E-state index >= 15 is 0 Å². The molecule has 0 heterocycles. The van der Waals surface area contributed by atoms with Crippen molar-refractivity contribution in [3.8, 4) is 0 Å². The van der Waals surface area contributed by atoms with Gasteiger partial charge in [-0.15, -0.1) is 0 Å². The summed E-state index contributed by atoms with van der Waals surface area (Å²) in [7, 11) is 3.26. The number of amides is 3. The van der Waals surface area contributed by atoms with Crippen LogP contribution in [0.3, 0.4) is 0 Å². The molecule has 0 atom stereocenters. The Balaban J connectivity index is 2.12. The van der Waals surface area contributed by atoms with Crippen molar-refractivity contribution in [1.82, 2.24) is 4.90 Å². The summed E-state index contributed by atoms with van der Waals surface area (Å²) >= 11 is 6.08. The topological polar surface area (TPSA) is 78.5 Å². The molecule has 0 aliphatic rings. The number of carbonyl (C=O) groups is 3. The van der Waals surface area contributed by atoms with Crippen LogP contribution in [0.4, 0.5) is 11.4 Å². The third-order valence-corrected chi connectivity index (χ3v) is 4.13. The quantitative estimate of drug-likeness (QED) is 0.816. The summed E-state index contributed by atoms with van der Waals surface area (Å²) in [5.41, 5.74) is 1.82. The normalized spacial score (nSPS) is 10.4. The van der Waals surface area contributed by atoms with E-state index in [9.17, 15) is 14.4 Å². The van der Waals surface area contributed by atoms with Gasteiger partial charge in [0, 0.05) is 37.0 Å². The molecule has 7 heteroatoms. The molecule has 0 aliphatic heterocycles. The Hall–Kier alpha value is -2.86. The summed E-state index contributed by atoms with van der Waals surface area (Å²) in [5.74, 6) is -0.799. The number of nitrogens with one attached hydrogen (secondary N) is 2. The molecule has 0 fully saturated rings. The van der Waals surface area contributed by atoms with Crippen molar-refractivity contribution in [3.63, 3.8) is 0 Å². The largest absolute Gasteiger partial charge is 0.345 e. The van der Waals surface area contributed by atoms with Crippen LogP contribution in [-0.4, -0.2) is 36.7 Å². The fraction of sp³-hybridized carbons (Fsp3) is 0.250. The molecule has 0 unspecified atom stereocenters. The van der Waals surface area contributed by atoms with Gasteiger partial charge in [-0.3, -0.25) is 14.4 Å². The van der Waals surface area contributed by atoms with Gasteiger partial charge in [0.2, 0.25) is 5.91 Å². The minimum atomic E-state index is -0.331. The standard InChI is InChI=1S/C20H22ClN3O3/c1-12(2)18(25)22-14-7-5-13(6-8-14)19(26)23-15-9-10-17(21)16(11-15)20(27)24(3)4/h5-12H,1-4H3,(H,22,25)(H,23,26). The number of anilines is 2. The SMILES string of the molecule is CC(C)C(=O)Nc1ccc(C(=O)Nc2ccc(Cl)c(C(=O)N(C)C)c2)cc1. The summed E-state index contributed by atoms with van der Waals surface area (Å²) in [6, 6.07) is 11.3. The van der Waals surface area contributed by atoms with E-state index in [2.05, 4.69) is 10.6 Å². The number of rotatable bonds is 5. The second-order valence-corrected chi connectivity index (χ2v) is 6.98. The van der Waals surface area contributed by atoms with Gasteiger partial charge in [-0.2, -0.15) is 0 Å². The summed E-state index contributed by atoms with van der Waals surface area (Å²) in [5, 5.41) is 5.83. The van der Waals surface area contributed by atoms with Crippen LogP contribution in [-0.2, 0) is 4.79 Å². The predicted octanol–water partition coefficient (Wildman–Crippen LogP) is 3.89. The highest BCUT2D eigenvalue weighted by atomic mass is 35.5. The fourth-order valence-electron chi connectivity index (χ4n) is 2.20. The number of benzene rings is 2. The third kappa shape index (κ3) is 5.31. The maximum atomic E-state index is 12.4. The lowest BCUT2D eigenvalue weighted by Crippen LogP contribution is -2.22. The molecule has 2 aromatic rings. The van der Waals surface area contributed by atoms with E-state index in [1.165, 1.54) is 4.90 Å². The minimum absolute atomic E-state index is 0.0912. The first kappa shape index (κ1) is 20.5. The molecule has 27 heavy (non-hydrogen) atoms. The highest BCUT2D eigenvalue weighted by Gasteiger charge is 2.15. The van der Waals surface area contributed by atoms with E-state index < -0.39 is 0 Å². The smallest absolute Gasteiger partial charge is 0.255 e. The van der Waals surface area contributed by atoms with Gasteiger partial charge in [-0.25, -0.2) is 0 Å². The molecule has 142 valence electrons. The average molecular weight is 388 g/mol. The van der Waals surface area contributed by atoms with Gasteiger partial charge >= 0.3 is 0 Å². The lowest BCUT2D eigenvalue weighted by atomic mass is 10.1. The number of halogens is 1. The van der Waals surface area contributed by atoms with Crippen molar-refractivity contribution in [2.75, 3.05) is 24.7 Å². The number of nitrogens with zero attached hydrogens (tertiary/aromatic N) is 1. The first-order valence-corrected chi connectivity index (χ1v) is 8.80. The van der Waals surface area contributed by atoms with E-state index in [1.54, 1.807) is 70.4 Å². The third-order valence-electron chi connectivity index (χ3n) is 3.80. The van der Waals surface area contributed by atoms with Crippen molar-refractivity contribution in [2.24, 2.45) is 5.92 Å². The van der Waals surface area contributed by atoms with Crippen LogP contribution in [0.1, 0.15) is 34.6 Å². The number of carbonyl (C=O) groups excluding carboxylic acids is 3. The van der Waals surface area contributed by atoms with Crippen molar-refractivity contribution in [3.05, 3.63) is 58.6 Å². The van der Waals surface area contributed by atoms with Gasteiger partial charge in [0.05, 0.1) is 10.6 Å². The summed E-state index contributed by atoms with van der Waals surface area (Å²) in [4.78, 5) is 37.7. The molecule has 0 spiro atoms. The molecule has 6 nitrogen and oxygen atoms in total. The van der Waals surface area contributed by atoms with Crippen LogP contribution >= 0.6 is 11.6 Å².